The number of hydrogen-bond donors (Lipinski definition) is 2. The van der Waals surface area contributed by atoms with E-state index >= 15 is 0 Å². The van der Waals surface area contributed by atoms with Crippen LogP contribution in [0.4, 0.5) is 5.69 Å². The van der Waals surface area contributed by atoms with Crippen LogP contribution in [0.15, 0.2) is 23.1 Å². The van der Waals surface area contributed by atoms with E-state index in [2.05, 4.69) is 19.2 Å². The lowest BCUT2D eigenvalue weighted by Crippen LogP contribution is -2.14. The first-order valence-electron chi connectivity index (χ1n) is 6.33. The Labute approximate surface area is 115 Å². The molecule has 0 bridgehead atoms. The van der Waals surface area contributed by atoms with Gasteiger partial charge in [0, 0.05) is 6.54 Å². The van der Waals surface area contributed by atoms with Crippen molar-refractivity contribution in [2.45, 2.75) is 31.6 Å². The molecule has 0 radical (unpaired) electrons. The van der Waals surface area contributed by atoms with E-state index in [0.29, 0.717) is 17.4 Å². The van der Waals surface area contributed by atoms with Crippen molar-refractivity contribution in [1.82, 2.24) is 0 Å². The summed E-state index contributed by atoms with van der Waals surface area (Å²) in [4.78, 5) is 0.0824. The van der Waals surface area contributed by atoms with Gasteiger partial charge in [0.15, 0.2) is 0 Å². The molecule has 3 N–H and O–H groups in total. The molecule has 0 saturated heterocycles. The van der Waals surface area contributed by atoms with Gasteiger partial charge in [-0.3, -0.25) is 0 Å². The lowest BCUT2D eigenvalue weighted by Gasteiger charge is -2.15. The summed E-state index contributed by atoms with van der Waals surface area (Å²) in [6.07, 6.45) is 2.24. The van der Waals surface area contributed by atoms with Gasteiger partial charge in [-0.15, -0.1) is 0 Å². The average Bonchev–Trinajstić information content (AvgIpc) is 2.35. The van der Waals surface area contributed by atoms with E-state index in [1.54, 1.807) is 13.2 Å². The molecular weight excluding hydrogens is 264 g/mol. The second-order valence-corrected chi connectivity index (χ2v) is 6.24. The molecule has 0 fully saturated rings. The van der Waals surface area contributed by atoms with Crippen LogP contribution >= 0.6 is 0 Å². The van der Waals surface area contributed by atoms with Gasteiger partial charge in [0.1, 0.15) is 5.75 Å². The second-order valence-electron chi connectivity index (χ2n) is 4.68. The summed E-state index contributed by atoms with van der Waals surface area (Å²) in [5.74, 6) is 1.11. The largest absolute Gasteiger partial charge is 0.495 e. The van der Waals surface area contributed by atoms with Crippen molar-refractivity contribution in [3.05, 3.63) is 18.2 Å². The molecule has 108 valence electrons. The fraction of sp³-hybridized carbons (Fsp3) is 0.538. The van der Waals surface area contributed by atoms with Crippen molar-refractivity contribution >= 4 is 15.7 Å². The quantitative estimate of drug-likeness (QED) is 0.805. The number of nitrogens with one attached hydrogen (secondary N) is 1. The van der Waals surface area contributed by atoms with Crippen molar-refractivity contribution in [2.24, 2.45) is 11.1 Å². The summed E-state index contributed by atoms with van der Waals surface area (Å²) in [5, 5.41) is 8.34. The number of ether oxygens (including phenoxy) is 1. The van der Waals surface area contributed by atoms with Gasteiger partial charge in [0.2, 0.25) is 10.0 Å². The van der Waals surface area contributed by atoms with Crippen LogP contribution in [-0.2, 0) is 10.0 Å². The van der Waals surface area contributed by atoms with E-state index in [9.17, 15) is 8.42 Å². The molecule has 0 aliphatic carbocycles. The number of methoxy groups -OCH3 is 1. The minimum atomic E-state index is -3.69. The Bertz CT molecular complexity index is 515. The number of benzene rings is 1. The summed E-state index contributed by atoms with van der Waals surface area (Å²) < 4.78 is 27.9. The SMILES string of the molecule is CCCC(C)CNc1cc(S(N)(=O)=O)ccc1OC. The van der Waals surface area contributed by atoms with E-state index in [1.807, 2.05) is 0 Å². The minimum Gasteiger partial charge on any atom is -0.495 e. The van der Waals surface area contributed by atoms with Gasteiger partial charge in [0.05, 0.1) is 17.7 Å². The first-order valence-corrected chi connectivity index (χ1v) is 7.87. The number of nitrogens with two attached hydrogens (primary N) is 1. The maximum atomic E-state index is 11.3. The summed E-state index contributed by atoms with van der Waals surface area (Å²) in [6, 6.07) is 4.55. The number of rotatable bonds is 7. The molecule has 1 aromatic carbocycles. The number of hydrogen-bond acceptors (Lipinski definition) is 4. The highest BCUT2D eigenvalue weighted by atomic mass is 32.2. The van der Waals surface area contributed by atoms with Crippen molar-refractivity contribution in [3.8, 4) is 5.75 Å². The highest BCUT2D eigenvalue weighted by molar-refractivity contribution is 7.89. The van der Waals surface area contributed by atoms with Gasteiger partial charge in [0.25, 0.3) is 0 Å². The first-order chi connectivity index (χ1) is 8.88. The van der Waals surface area contributed by atoms with Crippen molar-refractivity contribution in [3.63, 3.8) is 0 Å². The highest BCUT2D eigenvalue weighted by Gasteiger charge is 2.12. The molecule has 0 amide bonds. The van der Waals surface area contributed by atoms with E-state index in [1.165, 1.54) is 12.1 Å². The normalized spacial score (nSPS) is 13.1. The van der Waals surface area contributed by atoms with Crippen molar-refractivity contribution in [1.29, 1.82) is 0 Å². The summed E-state index contributed by atoms with van der Waals surface area (Å²) in [5.41, 5.74) is 0.650. The van der Waals surface area contributed by atoms with Gasteiger partial charge in [-0.2, -0.15) is 0 Å². The topological polar surface area (TPSA) is 81.4 Å². The van der Waals surface area contributed by atoms with Crippen LogP contribution in [0, 0.1) is 5.92 Å². The molecule has 1 atom stereocenters. The lowest BCUT2D eigenvalue weighted by molar-refractivity contribution is 0.415. The van der Waals surface area contributed by atoms with Crippen molar-refractivity contribution in [2.75, 3.05) is 19.0 Å². The Morgan fingerprint density at radius 2 is 2.11 bits per heavy atom. The fourth-order valence-electron chi connectivity index (χ4n) is 1.88. The van der Waals surface area contributed by atoms with Gasteiger partial charge in [-0.05, 0) is 30.5 Å². The summed E-state index contributed by atoms with van der Waals surface area (Å²) in [7, 11) is -2.15. The molecule has 1 rings (SSSR count). The zero-order valence-corrected chi connectivity index (χ0v) is 12.5. The van der Waals surface area contributed by atoms with Crippen LogP contribution < -0.4 is 15.2 Å². The fourth-order valence-corrected chi connectivity index (χ4v) is 2.42. The van der Waals surface area contributed by atoms with Gasteiger partial charge >= 0.3 is 0 Å². The van der Waals surface area contributed by atoms with Crippen LogP contribution in [0.2, 0.25) is 0 Å². The molecule has 19 heavy (non-hydrogen) atoms. The average molecular weight is 286 g/mol. The smallest absolute Gasteiger partial charge is 0.238 e. The summed E-state index contributed by atoms with van der Waals surface area (Å²) in [6.45, 7) is 5.05. The van der Waals surface area contributed by atoms with E-state index < -0.39 is 10.0 Å². The Morgan fingerprint density at radius 3 is 2.63 bits per heavy atom. The molecule has 0 spiro atoms. The van der Waals surface area contributed by atoms with E-state index in [-0.39, 0.29) is 4.90 Å². The molecule has 0 aromatic heterocycles. The predicted octanol–water partition coefficient (Wildman–Crippen LogP) is 2.19. The van der Waals surface area contributed by atoms with Gasteiger partial charge < -0.3 is 10.1 Å². The van der Waals surface area contributed by atoms with E-state index in [0.717, 1.165) is 19.4 Å². The Hall–Kier alpha value is -1.27. The number of anilines is 1. The maximum Gasteiger partial charge on any atom is 0.238 e. The van der Waals surface area contributed by atoms with Crippen LogP contribution in [-0.4, -0.2) is 22.1 Å². The number of primary sulfonamides is 1. The van der Waals surface area contributed by atoms with Gasteiger partial charge in [-0.25, -0.2) is 13.6 Å². The molecular formula is C13H22N2O3S. The number of sulfonamides is 1. The predicted molar refractivity (Wildman–Crippen MR) is 76.9 cm³/mol. The van der Waals surface area contributed by atoms with Crippen LogP contribution in [0.25, 0.3) is 0 Å². The molecule has 0 saturated carbocycles. The first kappa shape index (κ1) is 15.8. The third-order valence-electron chi connectivity index (χ3n) is 2.92. The molecule has 0 heterocycles. The lowest BCUT2D eigenvalue weighted by atomic mass is 10.1. The molecule has 1 unspecified atom stereocenters. The highest BCUT2D eigenvalue weighted by Crippen LogP contribution is 2.27. The maximum absolute atomic E-state index is 11.3. The summed E-state index contributed by atoms with van der Waals surface area (Å²) >= 11 is 0. The Kier molecular flexibility index (Phi) is 5.62. The zero-order chi connectivity index (χ0) is 14.5. The monoisotopic (exact) mass is 286 g/mol. The molecule has 1 aromatic rings. The Balaban J connectivity index is 2.91. The zero-order valence-electron chi connectivity index (χ0n) is 11.6. The van der Waals surface area contributed by atoms with Crippen LogP contribution in [0.3, 0.4) is 0 Å². The van der Waals surface area contributed by atoms with Crippen LogP contribution in [0.5, 0.6) is 5.75 Å². The third-order valence-corrected chi connectivity index (χ3v) is 3.83. The minimum absolute atomic E-state index is 0.0824. The van der Waals surface area contributed by atoms with Gasteiger partial charge in [-0.1, -0.05) is 20.3 Å². The molecule has 5 nitrogen and oxygen atoms in total. The standard InChI is InChI=1S/C13H22N2O3S/c1-4-5-10(2)9-15-12-8-11(19(14,16)17)6-7-13(12)18-3/h6-8,10,15H,4-5,9H2,1-3H3,(H2,14,16,17). The van der Waals surface area contributed by atoms with E-state index in [4.69, 9.17) is 9.88 Å². The Morgan fingerprint density at radius 1 is 1.42 bits per heavy atom. The third kappa shape index (κ3) is 4.72. The van der Waals surface area contributed by atoms with Crippen molar-refractivity contribution < 1.29 is 13.2 Å². The molecule has 0 aliphatic heterocycles. The van der Waals surface area contributed by atoms with Crippen LogP contribution in [0.1, 0.15) is 26.7 Å². The second kappa shape index (κ2) is 6.77. The molecule has 6 heteroatoms. The molecule has 0 aliphatic rings.